The van der Waals surface area contributed by atoms with Crippen LogP contribution in [0.1, 0.15) is 51.4 Å². The van der Waals surface area contributed by atoms with E-state index in [2.05, 4.69) is 0 Å². The largest absolute Gasteiger partial charge is 0.491 e. The van der Waals surface area contributed by atoms with E-state index in [4.69, 9.17) is 20.9 Å². The fourth-order valence-electron chi connectivity index (χ4n) is 2.85. The summed E-state index contributed by atoms with van der Waals surface area (Å²) >= 11 is 0. The molecule has 0 aliphatic heterocycles. The average molecular weight is 357 g/mol. The van der Waals surface area contributed by atoms with Crippen molar-refractivity contribution < 1.29 is 9.47 Å². The standard InChI is InChI=1S/C22H32N2O2/c23-19-13-7-9-15-21(19)25-17-11-5-3-1-2-4-6-12-18-26-22-16-10-8-14-20(22)24/h7-10,13-16H,1-6,11-12,17-18,23-24H2. The van der Waals surface area contributed by atoms with Crippen LogP contribution in [0.4, 0.5) is 11.4 Å². The van der Waals surface area contributed by atoms with Gasteiger partial charge in [-0.05, 0) is 37.1 Å². The Morgan fingerprint density at radius 3 is 1.23 bits per heavy atom. The van der Waals surface area contributed by atoms with Gasteiger partial charge in [0.15, 0.2) is 0 Å². The van der Waals surface area contributed by atoms with Crippen LogP contribution in [0, 0.1) is 0 Å². The Morgan fingerprint density at radius 1 is 0.500 bits per heavy atom. The van der Waals surface area contributed by atoms with Crippen molar-refractivity contribution in [3.8, 4) is 11.5 Å². The van der Waals surface area contributed by atoms with E-state index in [0.29, 0.717) is 11.4 Å². The molecule has 0 fully saturated rings. The van der Waals surface area contributed by atoms with Gasteiger partial charge in [0.1, 0.15) is 11.5 Å². The first-order chi connectivity index (χ1) is 12.8. The van der Waals surface area contributed by atoms with Crippen LogP contribution in [0.2, 0.25) is 0 Å². The molecule has 2 aromatic rings. The summed E-state index contributed by atoms with van der Waals surface area (Å²) in [6.45, 7) is 1.49. The minimum atomic E-state index is 0.714. The zero-order chi connectivity index (χ0) is 18.5. The lowest BCUT2D eigenvalue weighted by Crippen LogP contribution is -2.00. The van der Waals surface area contributed by atoms with Crippen molar-refractivity contribution in [3.05, 3.63) is 48.5 Å². The van der Waals surface area contributed by atoms with E-state index in [1.807, 2.05) is 48.5 Å². The highest BCUT2D eigenvalue weighted by Crippen LogP contribution is 2.21. The summed E-state index contributed by atoms with van der Waals surface area (Å²) in [5.74, 6) is 1.60. The topological polar surface area (TPSA) is 70.5 Å². The molecule has 0 saturated carbocycles. The molecule has 0 bridgehead atoms. The van der Waals surface area contributed by atoms with Crippen LogP contribution in [0.5, 0.6) is 11.5 Å². The lowest BCUT2D eigenvalue weighted by molar-refractivity contribution is 0.302. The number of rotatable bonds is 13. The van der Waals surface area contributed by atoms with E-state index in [0.717, 1.165) is 37.6 Å². The number of anilines is 2. The van der Waals surface area contributed by atoms with Crippen molar-refractivity contribution in [2.45, 2.75) is 51.4 Å². The normalized spacial score (nSPS) is 10.6. The first kappa shape index (κ1) is 20.0. The van der Waals surface area contributed by atoms with Gasteiger partial charge in [-0.15, -0.1) is 0 Å². The molecule has 142 valence electrons. The Morgan fingerprint density at radius 2 is 0.846 bits per heavy atom. The van der Waals surface area contributed by atoms with Gasteiger partial charge in [0.05, 0.1) is 24.6 Å². The third-order valence-corrected chi connectivity index (χ3v) is 4.39. The highest BCUT2D eigenvalue weighted by molar-refractivity contribution is 5.52. The van der Waals surface area contributed by atoms with Gasteiger partial charge >= 0.3 is 0 Å². The van der Waals surface area contributed by atoms with Crippen molar-refractivity contribution in [2.75, 3.05) is 24.7 Å². The zero-order valence-electron chi connectivity index (χ0n) is 15.7. The molecule has 0 heterocycles. The fraction of sp³-hybridized carbons (Fsp3) is 0.455. The maximum atomic E-state index is 5.85. The van der Waals surface area contributed by atoms with Crippen LogP contribution in [0.15, 0.2) is 48.5 Å². The van der Waals surface area contributed by atoms with Crippen molar-refractivity contribution >= 4 is 11.4 Å². The maximum Gasteiger partial charge on any atom is 0.142 e. The molecule has 4 N–H and O–H groups in total. The molecular weight excluding hydrogens is 324 g/mol. The maximum absolute atomic E-state index is 5.85. The summed E-state index contributed by atoms with van der Waals surface area (Å²) in [6, 6.07) is 15.3. The van der Waals surface area contributed by atoms with E-state index in [1.54, 1.807) is 0 Å². The van der Waals surface area contributed by atoms with Gasteiger partial charge in [0.2, 0.25) is 0 Å². The molecule has 0 saturated heterocycles. The number of ether oxygens (including phenoxy) is 2. The van der Waals surface area contributed by atoms with Crippen molar-refractivity contribution in [1.29, 1.82) is 0 Å². The first-order valence-corrected chi connectivity index (χ1v) is 9.72. The zero-order valence-corrected chi connectivity index (χ0v) is 15.7. The molecule has 4 heteroatoms. The van der Waals surface area contributed by atoms with Crippen LogP contribution in [-0.2, 0) is 0 Å². The SMILES string of the molecule is Nc1ccccc1OCCCCCCCCCCOc1ccccc1N. The highest BCUT2D eigenvalue weighted by Gasteiger charge is 1.99. The Kier molecular flexibility index (Phi) is 9.26. The van der Waals surface area contributed by atoms with E-state index in [-0.39, 0.29) is 0 Å². The van der Waals surface area contributed by atoms with Crippen LogP contribution in [-0.4, -0.2) is 13.2 Å². The smallest absolute Gasteiger partial charge is 0.142 e. The molecular formula is C22H32N2O2. The summed E-state index contributed by atoms with van der Waals surface area (Å²) < 4.78 is 11.4. The predicted octanol–water partition coefficient (Wildman–Crippen LogP) is 5.43. The number of hydrogen-bond acceptors (Lipinski definition) is 4. The molecule has 0 unspecified atom stereocenters. The lowest BCUT2D eigenvalue weighted by Gasteiger charge is -2.09. The lowest BCUT2D eigenvalue weighted by atomic mass is 10.1. The van der Waals surface area contributed by atoms with E-state index >= 15 is 0 Å². The molecule has 0 aliphatic carbocycles. The molecule has 0 atom stereocenters. The second-order valence-electron chi connectivity index (χ2n) is 6.60. The van der Waals surface area contributed by atoms with Crippen molar-refractivity contribution in [1.82, 2.24) is 0 Å². The second-order valence-corrected chi connectivity index (χ2v) is 6.60. The summed E-state index contributed by atoms with van der Waals surface area (Å²) in [4.78, 5) is 0. The Labute approximate surface area is 157 Å². The first-order valence-electron chi connectivity index (χ1n) is 9.72. The quantitative estimate of drug-likeness (QED) is 0.371. The molecule has 2 aromatic carbocycles. The minimum Gasteiger partial charge on any atom is -0.491 e. The van der Waals surface area contributed by atoms with Gasteiger partial charge in [0, 0.05) is 0 Å². The number of unbranched alkanes of at least 4 members (excludes halogenated alkanes) is 7. The Hall–Kier alpha value is -2.36. The summed E-state index contributed by atoms with van der Waals surface area (Å²) in [7, 11) is 0. The molecule has 26 heavy (non-hydrogen) atoms. The Bertz CT molecular complexity index is 576. The third kappa shape index (κ3) is 7.68. The summed E-state index contributed by atoms with van der Waals surface area (Å²) in [5, 5.41) is 0. The van der Waals surface area contributed by atoms with Gasteiger partial charge in [-0.1, -0.05) is 62.8 Å². The van der Waals surface area contributed by atoms with Gasteiger partial charge < -0.3 is 20.9 Å². The third-order valence-electron chi connectivity index (χ3n) is 4.39. The monoisotopic (exact) mass is 356 g/mol. The molecule has 2 rings (SSSR count). The average Bonchev–Trinajstić information content (AvgIpc) is 2.65. The summed E-state index contributed by atoms with van der Waals surface area (Å²) in [6.07, 6.45) is 9.71. The Balaban J connectivity index is 1.37. The predicted molar refractivity (Wildman–Crippen MR) is 110 cm³/mol. The number of para-hydroxylation sites is 4. The summed E-state index contributed by atoms with van der Waals surface area (Å²) in [5.41, 5.74) is 13.1. The van der Waals surface area contributed by atoms with Gasteiger partial charge in [-0.3, -0.25) is 0 Å². The van der Waals surface area contributed by atoms with Crippen LogP contribution >= 0.6 is 0 Å². The molecule has 0 aliphatic rings. The molecule has 0 radical (unpaired) electrons. The van der Waals surface area contributed by atoms with E-state index < -0.39 is 0 Å². The molecule has 0 spiro atoms. The number of nitrogen functional groups attached to an aromatic ring is 2. The van der Waals surface area contributed by atoms with Crippen molar-refractivity contribution in [2.24, 2.45) is 0 Å². The van der Waals surface area contributed by atoms with Crippen LogP contribution < -0.4 is 20.9 Å². The van der Waals surface area contributed by atoms with Gasteiger partial charge in [0.25, 0.3) is 0 Å². The highest BCUT2D eigenvalue weighted by atomic mass is 16.5. The second kappa shape index (κ2) is 12.1. The number of nitrogens with two attached hydrogens (primary N) is 2. The molecule has 4 nitrogen and oxygen atoms in total. The van der Waals surface area contributed by atoms with Gasteiger partial charge in [-0.25, -0.2) is 0 Å². The van der Waals surface area contributed by atoms with Crippen molar-refractivity contribution in [3.63, 3.8) is 0 Å². The van der Waals surface area contributed by atoms with E-state index in [1.165, 1.54) is 38.5 Å². The number of benzene rings is 2. The van der Waals surface area contributed by atoms with Gasteiger partial charge in [-0.2, -0.15) is 0 Å². The van der Waals surface area contributed by atoms with Crippen LogP contribution in [0.3, 0.4) is 0 Å². The molecule has 0 amide bonds. The van der Waals surface area contributed by atoms with Crippen LogP contribution in [0.25, 0.3) is 0 Å². The molecule has 0 aromatic heterocycles. The number of hydrogen-bond donors (Lipinski definition) is 2. The van der Waals surface area contributed by atoms with E-state index in [9.17, 15) is 0 Å². The fourth-order valence-corrected chi connectivity index (χ4v) is 2.85. The minimum absolute atomic E-state index is 0.714.